The summed E-state index contributed by atoms with van der Waals surface area (Å²) in [5.41, 5.74) is 1.41. The molecule has 0 atom stereocenters. The molecule has 0 unspecified atom stereocenters. The minimum absolute atomic E-state index is 0.213. The number of aromatic nitrogens is 6. The summed E-state index contributed by atoms with van der Waals surface area (Å²) in [5, 5.41) is 6.56. The largest absolute Gasteiger partial charge is 0.379 e. The number of amides is 1. The first-order valence-electron chi connectivity index (χ1n) is 11.3. The Hall–Kier alpha value is -3.38. The minimum Gasteiger partial charge on any atom is -0.379 e. The van der Waals surface area contributed by atoms with Crippen molar-refractivity contribution in [2.45, 2.75) is 19.4 Å². The fraction of sp³-hybridized carbons (Fsp3) is 0.524. The van der Waals surface area contributed by atoms with Gasteiger partial charge in [0.05, 0.1) is 25.7 Å². The molecule has 0 spiro atoms. The summed E-state index contributed by atoms with van der Waals surface area (Å²) in [5.74, 6) is 1.85. The number of nitrogens with one attached hydrogen (secondary N) is 2. The molecule has 2 N–H and O–H groups in total. The maximum absolute atomic E-state index is 12.0. The molecule has 5 rings (SSSR count). The van der Waals surface area contributed by atoms with E-state index in [2.05, 4.69) is 35.5 Å². The molecule has 0 bridgehead atoms. The van der Waals surface area contributed by atoms with E-state index in [1.54, 1.807) is 24.9 Å². The molecular formula is C21H28N10O2. The van der Waals surface area contributed by atoms with Gasteiger partial charge < -0.3 is 24.8 Å². The minimum atomic E-state index is 0.213. The van der Waals surface area contributed by atoms with Crippen LogP contribution in [0.3, 0.4) is 0 Å². The van der Waals surface area contributed by atoms with Crippen molar-refractivity contribution in [3.05, 3.63) is 24.9 Å². The van der Waals surface area contributed by atoms with E-state index in [1.165, 1.54) is 0 Å². The van der Waals surface area contributed by atoms with E-state index in [0.29, 0.717) is 48.3 Å². The SMILES string of the molecule is O=C1CCCN1CCn1cnc2c(NCCN3CCOCC3)nc(Nc3cnccn3)nc21. The number of nitrogens with zero attached hydrogens (tertiary/aromatic N) is 8. The van der Waals surface area contributed by atoms with Crippen LogP contribution < -0.4 is 10.6 Å². The highest BCUT2D eigenvalue weighted by Gasteiger charge is 2.21. The van der Waals surface area contributed by atoms with Gasteiger partial charge in [-0.05, 0) is 6.42 Å². The van der Waals surface area contributed by atoms with Gasteiger partial charge in [-0.15, -0.1) is 0 Å². The average molecular weight is 453 g/mol. The molecule has 33 heavy (non-hydrogen) atoms. The van der Waals surface area contributed by atoms with Crippen molar-refractivity contribution in [2.75, 3.05) is 63.1 Å². The third-order valence-corrected chi connectivity index (χ3v) is 5.87. The molecule has 1 amide bonds. The summed E-state index contributed by atoms with van der Waals surface area (Å²) in [6.45, 7) is 7.10. The van der Waals surface area contributed by atoms with Crippen LogP contribution in [-0.4, -0.2) is 97.7 Å². The molecule has 2 aliphatic rings. The van der Waals surface area contributed by atoms with Gasteiger partial charge in [0.25, 0.3) is 0 Å². The number of carbonyl (C=O) groups excluding carboxylic acids is 1. The van der Waals surface area contributed by atoms with Crippen LogP contribution in [0, 0.1) is 0 Å². The average Bonchev–Trinajstić information content (AvgIpc) is 3.45. The second kappa shape index (κ2) is 10.0. The Bertz CT molecular complexity index is 1080. The summed E-state index contributed by atoms with van der Waals surface area (Å²) >= 11 is 0. The molecule has 5 heterocycles. The monoisotopic (exact) mass is 452 g/mol. The van der Waals surface area contributed by atoms with E-state index in [9.17, 15) is 4.79 Å². The third kappa shape index (κ3) is 5.17. The van der Waals surface area contributed by atoms with E-state index in [0.717, 1.165) is 52.4 Å². The fourth-order valence-electron chi connectivity index (χ4n) is 4.09. The second-order valence-corrected chi connectivity index (χ2v) is 8.09. The quantitative estimate of drug-likeness (QED) is 0.480. The predicted octanol–water partition coefficient (Wildman–Crippen LogP) is 0.726. The van der Waals surface area contributed by atoms with Crippen molar-refractivity contribution < 1.29 is 9.53 Å². The van der Waals surface area contributed by atoms with Crippen molar-refractivity contribution in [2.24, 2.45) is 0 Å². The Balaban J connectivity index is 1.36. The van der Waals surface area contributed by atoms with Crippen molar-refractivity contribution in [3.63, 3.8) is 0 Å². The molecule has 0 saturated carbocycles. The number of anilines is 3. The number of imidazole rings is 1. The number of hydrogen-bond donors (Lipinski definition) is 2. The van der Waals surface area contributed by atoms with Crippen LogP contribution in [-0.2, 0) is 16.1 Å². The maximum Gasteiger partial charge on any atom is 0.232 e. The Morgan fingerprint density at radius 1 is 1.03 bits per heavy atom. The lowest BCUT2D eigenvalue weighted by atomic mass is 10.4. The maximum atomic E-state index is 12.0. The van der Waals surface area contributed by atoms with Crippen LogP contribution in [0.1, 0.15) is 12.8 Å². The number of likely N-dealkylation sites (tertiary alicyclic amines) is 1. The van der Waals surface area contributed by atoms with Crippen LogP contribution in [0.2, 0.25) is 0 Å². The standard InChI is InChI=1S/C21H28N10O2/c32-17-2-1-6-30(17)8-9-31-15-25-18-19(24-5-7-29-10-12-33-13-11-29)27-21(28-20(18)31)26-16-14-22-3-4-23-16/h3-4,14-15H,1-2,5-13H2,(H2,23,24,26,27,28). The molecule has 3 aromatic rings. The number of morpholine rings is 1. The molecule has 12 nitrogen and oxygen atoms in total. The van der Waals surface area contributed by atoms with E-state index < -0.39 is 0 Å². The van der Waals surface area contributed by atoms with Crippen LogP contribution in [0.15, 0.2) is 24.9 Å². The summed E-state index contributed by atoms with van der Waals surface area (Å²) in [4.78, 5) is 38.5. The first-order valence-corrected chi connectivity index (χ1v) is 11.3. The molecule has 3 aromatic heterocycles. The lowest BCUT2D eigenvalue weighted by Gasteiger charge is -2.26. The van der Waals surface area contributed by atoms with Crippen molar-refractivity contribution >= 4 is 34.7 Å². The zero-order valence-corrected chi connectivity index (χ0v) is 18.5. The Kier molecular flexibility index (Phi) is 6.53. The molecule has 174 valence electrons. The highest BCUT2D eigenvalue weighted by Crippen LogP contribution is 2.22. The first kappa shape index (κ1) is 21.5. The molecule has 12 heteroatoms. The van der Waals surface area contributed by atoms with Gasteiger partial charge in [0.1, 0.15) is 0 Å². The van der Waals surface area contributed by atoms with E-state index in [1.807, 2.05) is 9.47 Å². The van der Waals surface area contributed by atoms with Crippen LogP contribution >= 0.6 is 0 Å². The summed E-state index contributed by atoms with van der Waals surface area (Å²) in [6, 6.07) is 0. The van der Waals surface area contributed by atoms with Gasteiger partial charge in [0, 0.05) is 64.6 Å². The molecule has 2 fully saturated rings. The van der Waals surface area contributed by atoms with Crippen molar-refractivity contribution in [1.82, 2.24) is 39.3 Å². The third-order valence-electron chi connectivity index (χ3n) is 5.87. The number of rotatable bonds is 9. The Morgan fingerprint density at radius 3 is 2.73 bits per heavy atom. The number of carbonyl (C=O) groups is 1. The zero-order chi connectivity index (χ0) is 22.5. The van der Waals surface area contributed by atoms with Gasteiger partial charge in [-0.3, -0.25) is 14.7 Å². The number of hydrogen-bond acceptors (Lipinski definition) is 10. The zero-order valence-electron chi connectivity index (χ0n) is 18.5. The van der Waals surface area contributed by atoms with Crippen LogP contribution in [0.25, 0.3) is 11.2 Å². The Labute approximate surface area is 191 Å². The van der Waals surface area contributed by atoms with Gasteiger partial charge in [0.15, 0.2) is 22.8 Å². The van der Waals surface area contributed by atoms with Gasteiger partial charge >= 0.3 is 0 Å². The lowest BCUT2D eigenvalue weighted by molar-refractivity contribution is -0.127. The summed E-state index contributed by atoms with van der Waals surface area (Å²) in [7, 11) is 0. The van der Waals surface area contributed by atoms with Crippen molar-refractivity contribution in [1.29, 1.82) is 0 Å². The van der Waals surface area contributed by atoms with Crippen molar-refractivity contribution in [3.8, 4) is 0 Å². The molecule has 2 aliphatic heterocycles. The fourth-order valence-corrected chi connectivity index (χ4v) is 4.09. The van der Waals surface area contributed by atoms with Gasteiger partial charge in [-0.2, -0.15) is 9.97 Å². The summed E-state index contributed by atoms with van der Waals surface area (Å²) in [6.07, 6.45) is 8.17. The predicted molar refractivity (Wildman–Crippen MR) is 122 cm³/mol. The molecule has 2 saturated heterocycles. The van der Waals surface area contributed by atoms with Gasteiger partial charge in [-0.1, -0.05) is 0 Å². The molecule has 0 aliphatic carbocycles. The second-order valence-electron chi connectivity index (χ2n) is 8.09. The van der Waals surface area contributed by atoms with Gasteiger partial charge in [0.2, 0.25) is 11.9 Å². The van der Waals surface area contributed by atoms with E-state index in [4.69, 9.17) is 9.72 Å². The lowest BCUT2D eigenvalue weighted by Crippen LogP contribution is -2.39. The van der Waals surface area contributed by atoms with Crippen LogP contribution in [0.4, 0.5) is 17.6 Å². The smallest absolute Gasteiger partial charge is 0.232 e. The summed E-state index contributed by atoms with van der Waals surface area (Å²) < 4.78 is 7.39. The molecular weight excluding hydrogens is 424 g/mol. The van der Waals surface area contributed by atoms with E-state index in [-0.39, 0.29) is 5.91 Å². The molecule has 0 aromatic carbocycles. The van der Waals surface area contributed by atoms with Crippen LogP contribution in [0.5, 0.6) is 0 Å². The molecule has 0 radical (unpaired) electrons. The first-order chi connectivity index (χ1) is 16.3. The normalized spacial score (nSPS) is 17.1. The van der Waals surface area contributed by atoms with E-state index >= 15 is 0 Å². The Morgan fingerprint density at radius 2 is 1.94 bits per heavy atom. The number of ether oxygens (including phenoxy) is 1. The topological polar surface area (TPSA) is 126 Å². The highest BCUT2D eigenvalue weighted by atomic mass is 16.5. The van der Waals surface area contributed by atoms with Gasteiger partial charge in [-0.25, -0.2) is 9.97 Å². The number of fused-ring (bicyclic) bond motifs is 1. The highest BCUT2D eigenvalue weighted by molar-refractivity contribution is 5.84.